The Morgan fingerprint density at radius 1 is 0.970 bits per heavy atom. The maximum absolute atomic E-state index is 13.0. The molecule has 7 heteroatoms. The molecule has 172 valence electrons. The van der Waals surface area contributed by atoms with Gasteiger partial charge in [0.15, 0.2) is 5.75 Å². The molecule has 2 aromatic carbocycles. The summed E-state index contributed by atoms with van der Waals surface area (Å²) in [6, 6.07) is 17.2. The number of urea groups is 1. The lowest BCUT2D eigenvalue weighted by Crippen LogP contribution is -2.50. The number of ether oxygens (including phenoxy) is 1. The van der Waals surface area contributed by atoms with Gasteiger partial charge in [0.25, 0.3) is 0 Å². The maximum atomic E-state index is 13.0. The highest BCUT2D eigenvalue weighted by Crippen LogP contribution is 2.30. The Morgan fingerprint density at radius 2 is 1.73 bits per heavy atom. The van der Waals surface area contributed by atoms with E-state index >= 15 is 0 Å². The Hall–Kier alpha value is -3.61. The minimum absolute atomic E-state index is 0.128. The van der Waals surface area contributed by atoms with E-state index in [9.17, 15) is 4.79 Å². The molecule has 0 spiro atoms. The standard InChI is InChI=1S/C26H31N5O2/c1-18(2)25-27-20(4)17-24(29-25)30-12-14-31(15-13-30)26(32)28-22-10-5-6-11-23(22)33-21-9-7-8-19(3)16-21/h5-11,16-18H,12-15H2,1-4H3,(H,28,32). The van der Waals surface area contributed by atoms with Crippen LogP contribution in [0.25, 0.3) is 0 Å². The predicted molar refractivity (Wildman–Crippen MR) is 131 cm³/mol. The monoisotopic (exact) mass is 445 g/mol. The minimum atomic E-state index is -0.128. The van der Waals surface area contributed by atoms with E-state index in [1.165, 1.54) is 0 Å². The van der Waals surface area contributed by atoms with E-state index in [1.807, 2.05) is 73.3 Å². The zero-order chi connectivity index (χ0) is 23.4. The van der Waals surface area contributed by atoms with Gasteiger partial charge < -0.3 is 19.9 Å². The topological polar surface area (TPSA) is 70.6 Å². The normalized spacial score (nSPS) is 13.8. The Morgan fingerprint density at radius 3 is 2.45 bits per heavy atom. The first-order valence-corrected chi connectivity index (χ1v) is 11.4. The highest BCUT2D eigenvalue weighted by molar-refractivity contribution is 5.91. The number of para-hydroxylation sites is 2. The van der Waals surface area contributed by atoms with Crippen molar-refractivity contribution in [2.75, 3.05) is 36.4 Å². The number of hydrogen-bond acceptors (Lipinski definition) is 5. The molecule has 0 atom stereocenters. The van der Waals surface area contributed by atoms with Crippen molar-refractivity contribution in [2.45, 2.75) is 33.6 Å². The molecule has 1 saturated heterocycles. The van der Waals surface area contributed by atoms with Crippen LogP contribution in [0.15, 0.2) is 54.6 Å². The van der Waals surface area contributed by atoms with E-state index in [1.54, 1.807) is 0 Å². The number of benzene rings is 2. The fraction of sp³-hybridized carbons (Fsp3) is 0.346. The highest BCUT2D eigenvalue weighted by atomic mass is 16.5. The molecule has 0 bridgehead atoms. The number of piperazine rings is 1. The summed E-state index contributed by atoms with van der Waals surface area (Å²) in [5.41, 5.74) is 2.74. The molecule has 2 heterocycles. The number of amides is 2. The van der Waals surface area contributed by atoms with Gasteiger partial charge in [0.2, 0.25) is 0 Å². The summed E-state index contributed by atoms with van der Waals surface area (Å²) in [4.78, 5) is 26.3. The van der Waals surface area contributed by atoms with Gasteiger partial charge in [-0.25, -0.2) is 14.8 Å². The van der Waals surface area contributed by atoms with Gasteiger partial charge >= 0.3 is 6.03 Å². The first-order valence-electron chi connectivity index (χ1n) is 11.4. The highest BCUT2D eigenvalue weighted by Gasteiger charge is 2.23. The minimum Gasteiger partial charge on any atom is -0.455 e. The Kier molecular flexibility index (Phi) is 6.77. The van der Waals surface area contributed by atoms with Crippen molar-refractivity contribution in [3.05, 3.63) is 71.7 Å². The van der Waals surface area contributed by atoms with Crippen molar-refractivity contribution in [3.8, 4) is 11.5 Å². The van der Waals surface area contributed by atoms with E-state index in [0.717, 1.165) is 41.7 Å². The smallest absolute Gasteiger partial charge is 0.322 e. The number of carbonyl (C=O) groups is 1. The number of carbonyl (C=O) groups excluding carboxylic acids is 1. The third-order valence-electron chi connectivity index (χ3n) is 5.61. The lowest BCUT2D eigenvalue weighted by molar-refractivity contribution is 0.208. The van der Waals surface area contributed by atoms with Crippen LogP contribution in [0, 0.1) is 13.8 Å². The van der Waals surface area contributed by atoms with E-state index in [0.29, 0.717) is 24.5 Å². The van der Waals surface area contributed by atoms with Gasteiger partial charge in [-0.3, -0.25) is 0 Å². The summed E-state index contributed by atoms with van der Waals surface area (Å²) < 4.78 is 6.04. The molecule has 1 fully saturated rings. The Labute approximate surface area is 195 Å². The lowest BCUT2D eigenvalue weighted by atomic mass is 10.2. The summed E-state index contributed by atoms with van der Waals surface area (Å²) in [6.07, 6.45) is 0. The molecule has 3 aromatic rings. The second-order valence-electron chi connectivity index (χ2n) is 8.70. The summed E-state index contributed by atoms with van der Waals surface area (Å²) in [5.74, 6) is 3.43. The molecular weight excluding hydrogens is 414 g/mol. The van der Waals surface area contributed by atoms with Crippen LogP contribution in [0.3, 0.4) is 0 Å². The van der Waals surface area contributed by atoms with Gasteiger partial charge in [-0.05, 0) is 43.7 Å². The Bertz CT molecular complexity index is 1120. The molecule has 0 saturated carbocycles. The van der Waals surface area contributed by atoms with Gasteiger partial charge in [0.05, 0.1) is 5.69 Å². The van der Waals surface area contributed by atoms with Crippen molar-refractivity contribution in [2.24, 2.45) is 0 Å². The van der Waals surface area contributed by atoms with Crippen molar-refractivity contribution >= 4 is 17.5 Å². The number of aryl methyl sites for hydroxylation is 2. The van der Waals surface area contributed by atoms with Crippen molar-refractivity contribution in [1.82, 2.24) is 14.9 Å². The largest absolute Gasteiger partial charge is 0.455 e. The molecular formula is C26H31N5O2. The van der Waals surface area contributed by atoms with Crippen LogP contribution in [0.2, 0.25) is 0 Å². The van der Waals surface area contributed by atoms with Crippen LogP contribution in [0.4, 0.5) is 16.3 Å². The third-order valence-corrected chi connectivity index (χ3v) is 5.61. The van der Waals surface area contributed by atoms with Gasteiger partial charge in [-0.1, -0.05) is 38.1 Å². The van der Waals surface area contributed by atoms with E-state index in [-0.39, 0.29) is 11.9 Å². The molecule has 1 aliphatic heterocycles. The molecule has 0 aliphatic carbocycles. The number of anilines is 2. The molecule has 33 heavy (non-hydrogen) atoms. The molecule has 4 rings (SSSR count). The summed E-state index contributed by atoms with van der Waals surface area (Å²) in [5, 5.41) is 3.02. The van der Waals surface area contributed by atoms with Crippen LogP contribution in [-0.4, -0.2) is 47.1 Å². The molecule has 7 nitrogen and oxygen atoms in total. The SMILES string of the molecule is Cc1cccc(Oc2ccccc2NC(=O)N2CCN(c3cc(C)nc(C(C)C)n3)CC2)c1. The number of nitrogens with one attached hydrogen (secondary N) is 1. The van der Waals surface area contributed by atoms with Crippen LogP contribution in [0.5, 0.6) is 11.5 Å². The van der Waals surface area contributed by atoms with Crippen LogP contribution >= 0.6 is 0 Å². The predicted octanol–water partition coefficient (Wildman–Crippen LogP) is 5.36. The van der Waals surface area contributed by atoms with Crippen LogP contribution in [0.1, 0.15) is 36.8 Å². The van der Waals surface area contributed by atoms with Crippen LogP contribution < -0.4 is 15.0 Å². The molecule has 1 aromatic heterocycles. The maximum Gasteiger partial charge on any atom is 0.322 e. The quantitative estimate of drug-likeness (QED) is 0.572. The van der Waals surface area contributed by atoms with E-state index in [2.05, 4.69) is 29.0 Å². The van der Waals surface area contributed by atoms with E-state index in [4.69, 9.17) is 9.72 Å². The fourth-order valence-electron chi connectivity index (χ4n) is 3.79. The first kappa shape index (κ1) is 22.6. The average Bonchev–Trinajstić information content (AvgIpc) is 2.80. The number of aromatic nitrogens is 2. The molecule has 0 unspecified atom stereocenters. The summed E-state index contributed by atoms with van der Waals surface area (Å²) >= 11 is 0. The molecule has 2 amide bonds. The molecule has 1 aliphatic rings. The van der Waals surface area contributed by atoms with Crippen molar-refractivity contribution in [3.63, 3.8) is 0 Å². The van der Waals surface area contributed by atoms with Gasteiger partial charge in [0.1, 0.15) is 17.4 Å². The second-order valence-corrected chi connectivity index (χ2v) is 8.70. The number of hydrogen-bond donors (Lipinski definition) is 1. The molecule has 0 radical (unpaired) electrons. The van der Waals surface area contributed by atoms with Crippen molar-refractivity contribution < 1.29 is 9.53 Å². The van der Waals surface area contributed by atoms with Gasteiger partial charge in [-0.15, -0.1) is 0 Å². The van der Waals surface area contributed by atoms with E-state index < -0.39 is 0 Å². The Balaban J connectivity index is 1.39. The van der Waals surface area contributed by atoms with Gasteiger partial charge in [-0.2, -0.15) is 0 Å². The summed E-state index contributed by atoms with van der Waals surface area (Å²) in [6.45, 7) is 10.9. The number of nitrogens with zero attached hydrogens (tertiary/aromatic N) is 4. The fourth-order valence-corrected chi connectivity index (χ4v) is 3.79. The lowest BCUT2D eigenvalue weighted by Gasteiger charge is -2.35. The number of rotatable bonds is 5. The van der Waals surface area contributed by atoms with Crippen LogP contribution in [-0.2, 0) is 0 Å². The zero-order valence-corrected chi connectivity index (χ0v) is 19.7. The average molecular weight is 446 g/mol. The second kappa shape index (κ2) is 9.90. The molecule has 1 N–H and O–H groups in total. The third kappa shape index (κ3) is 5.61. The first-order chi connectivity index (χ1) is 15.9. The van der Waals surface area contributed by atoms with Crippen molar-refractivity contribution in [1.29, 1.82) is 0 Å². The summed E-state index contributed by atoms with van der Waals surface area (Å²) in [7, 11) is 0. The zero-order valence-electron chi connectivity index (χ0n) is 19.7. The van der Waals surface area contributed by atoms with Gasteiger partial charge in [0, 0.05) is 43.9 Å².